The zero-order chi connectivity index (χ0) is 29.1. The molecule has 0 radical (unpaired) electrons. The second-order valence-corrected chi connectivity index (χ2v) is 10.3. The number of anilines is 2. The predicted molar refractivity (Wildman–Crippen MR) is 159 cm³/mol. The van der Waals surface area contributed by atoms with Gasteiger partial charge in [0.15, 0.2) is 6.29 Å². The zero-order valence-electron chi connectivity index (χ0n) is 23.9. The lowest BCUT2D eigenvalue weighted by Crippen LogP contribution is -2.22. The Hall–Kier alpha value is -3.93. The van der Waals surface area contributed by atoms with Crippen LogP contribution in [0.3, 0.4) is 0 Å². The Morgan fingerprint density at radius 3 is 2.58 bits per heavy atom. The standard InChI is InChI=1S/C32H40FN5O2/c1-5-27(35)12-14-36-30-17-31(29(33)16-26(30)18-34)37-13-11-23-9-10-25(22(2)15-23)21-40-32-8-6-7-24(20-39)28(32)19-38(3)4/h6-10,15-17,20,27,36-37H,5,11-14,19,21,35H2,1-4H3. The van der Waals surface area contributed by atoms with Crippen molar-refractivity contribution in [3.63, 3.8) is 0 Å². The van der Waals surface area contributed by atoms with Gasteiger partial charge in [-0.15, -0.1) is 0 Å². The van der Waals surface area contributed by atoms with E-state index in [2.05, 4.69) is 28.8 Å². The molecule has 0 bridgehead atoms. The van der Waals surface area contributed by atoms with E-state index in [-0.39, 0.29) is 11.6 Å². The van der Waals surface area contributed by atoms with Gasteiger partial charge in [0.25, 0.3) is 0 Å². The summed E-state index contributed by atoms with van der Waals surface area (Å²) in [5.74, 6) is 0.251. The molecule has 0 saturated heterocycles. The second-order valence-electron chi connectivity index (χ2n) is 10.3. The molecule has 212 valence electrons. The van der Waals surface area contributed by atoms with Crippen LogP contribution in [0.1, 0.15) is 57.9 Å². The van der Waals surface area contributed by atoms with Crippen molar-refractivity contribution in [1.82, 2.24) is 4.90 Å². The lowest BCUT2D eigenvalue weighted by atomic mass is 10.0. The van der Waals surface area contributed by atoms with Gasteiger partial charge in [-0.2, -0.15) is 5.26 Å². The quantitative estimate of drug-likeness (QED) is 0.212. The largest absolute Gasteiger partial charge is 0.489 e. The van der Waals surface area contributed by atoms with E-state index in [0.29, 0.717) is 55.3 Å². The Labute approximate surface area is 237 Å². The van der Waals surface area contributed by atoms with Crippen LogP contribution in [0.2, 0.25) is 0 Å². The Morgan fingerprint density at radius 1 is 1.12 bits per heavy atom. The molecule has 0 aliphatic heterocycles. The summed E-state index contributed by atoms with van der Waals surface area (Å²) < 4.78 is 20.8. The smallest absolute Gasteiger partial charge is 0.150 e. The number of carbonyl (C=O) groups is 1. The van der Waals surface area contributed by atoms with Gasteiger partial charge in [0.05, 0.1) is 16.9 Å². The van der Waals surface area contributed by atoms with E-state index in [1.165, 1.54) is 6.07 Å². The van der Waals surface area contributed by atoms with Crippen molar-refractivity contribution in [2.75, 3.05) is 37.8 Å². The molecule has 0 aromatic heterocycles. The summed E-state index contributed by atoms with van der Waals surface area (Å²) >= 11 is 0. The third kappa shape index (κ3) is 8.54. The highest BCUT2D eigenvalue weighted by molar-refractivity contribution is 5.78. The van der Waals surface area contributed by atoms with Gasteiger partial charge in [-0.3, -0.25) is 4.79 Å². The molecule has 3 rings (SSSR count). The van der Waals surface area contributed by atoms with E-state index < -0.39 is 5.82 Å². The number of halogens is 1. The van der Waals surface area contributed by atoms with Crippen molar-refractivity contribution < 1.29 is 13.9 Å². The molecule has 0 amide bonds. The Morgan fingerprint density at radius 2 is 1.90 bits per heavy atom. The molecule has 0 aliphatic carbocycles. The van der Waals surface area contributed by atoms with Crippen LogP contribution in [0.15, 0.2) is 48.5 Å². The Balaban J connectivity index is 1.61. The molecule has 0 saturated carbocycles. The minimum atomic E-state index is -0.455. The number of hydrogen-bond donors (Lipinski definition) is 3. The number of nitrogens with one attached hydrogen (secondary N) is 2. The van der Waals surface area contributed by atoms with Crippen LogP contribution in [0, 0.1) is 24.1 Å². The number of carbonyl (C=O) groups excluding carboxylic acids is 1. The second kappa shape index (κ2) is 15.0. The monoisotopic (exact) mass is 545 g/mol. The molecular weight excluding hydrogens is 505 g/mol. The van der Waals surface area contributed by atoms with Gasteiger partial charge < -0.3 is 26.0 Å². The van der Waals surface area contributed by atoms with Crippen LogP contribution >= 0.6 is 0 Å². The van der Waals surface area contributed by atoms with E-state index in [0.717, 1.165) is 41.4 Å². The number of nitrogens with zero attached hydrogens (tertiary/aromatic N) is 2. The van der Waals surface area contributed by atoms with Crippen LogP contribution < -0.4 is 21.1 Å². The van der Waals surface area contributed by atoms with Crippen molar-refractivity contribution in [1.29, 1.82) is 5.26 Å². The number of aldehydes is 1. The van der Waals surface area contributed by atoms with Gasteiger partial charge >= 0.3 is 0 Å². The van der Waals surface area contributed by atoms with E-state index in [1.54, 1.807) is 12.1 Å². The van der Waals surface area contributed by atoms with Crippen molar-refractivity contribution in [3.8, 4) is 11.8 Å². The summed E-state index contributed by atoms with van der Waals surface area (Å²) in [5, 5.41) is 15.8. The summed E-state index contributed by atoms with van der Waals surface area (Å²) in [6, 6.07) is 16.8. The summed E-state index contributed by atoms with van der Waals surface area (Å²) in [7, 11) is 3.92. The van der Waals surface area contributed by atoms with Crippen LogP contribution in [0.5, 0.6) is 5.75 Å². The molecule has 1 atom stereocenters. The molecule has 4 N–H and O–H groups in total. The normalized spacial score (nSPS) is 11.7. The molecule has 1 unspecified atom stereocenters. The highest BCUT2D eigenvalue weighted by Crippen LogP contribution is 2.26. The summed E-state index contributed by atoms with van der Waals surface area (Å²) in [5.41, 5.74) is 12.0. The fourth-order valence-corrected chi connectivity index (χ4v) is 4.43. The number of benzene rings is 3. The average Bonchev–Trinajstić information content (AvgIpc) is 2.94. The first-order chi connectivity index (χ1) is 19.2. The SMILES string of the molecule is CCC(N)CCNc1cc(NCCc2ccc(COc3cccc(C=O)c3CN(C)C)c(C)c2)c(F)cc1C#N. The van der Waals surface area contributed by atoms with E-state index in [9.17, 15) is 14.4 Å². The number of hydrogen-bond acceptors (Lipinski definition) is 7. The lowest BCUT2D eigenvalue weighted by Gasteiger charge is -2.17. The topological polar surface area (TPSA) is 103 Å². The highest BCUT2D eigenvalue weighted by Gasteiger charge is 2.13. The van der Waals surface area contributed by atoms with Gasteiger partial charge in [0, 0.05) is 36.8 Å². The molecular formula is C32H40FN5O2. The van der Waals surface area contributed by atoms with E-state index in [1.807, 2.05) is 51.0 Å². The van der Waals surface area contributed by atoms with Crippen LogP contribution in [-0.4, -0.2) is 44.4 Å². The maximum Gasteiger partial charge on any atom is 0.150 e. The van der Waals surface area contributed by atoms with Crippen LogP contribution in [0.4, 0.5) is 15.8 Å². The van der Waals surface area contributed by atoms with Crippen molar-refractivity contribution >= 4 is 17.7 Å². The van der Waals surface area contributed by atoms with E-state index >= 15 is 0 Å². The molecule has 0 fully saturated rings. The van der Waals surface area contributed by atoms with Gasteiger partial charge in [0.2, 0.25) is 0 Å². The maximum atomic E-state index is 14.6. The maximum absolute atomic E-state index is 14.6. The first kappa shape index (κ1) is 30.6. The molecule has 0 spiro atoms. The highest BCUT2D eigenvalue weighted by atomic mass is 19.1. The van der Waals surface area contributed by atoms with Crippen LogP contribution in [-0.2, 0) is 19.6 Å². The molecule has 0 aliphatic rings. The van der Waals surface area contributed by atoms with Gasteiger partial charge in [-0.1, -0.05) is 37.3 Å². The predicted octanol–water partition coefficient (Wildman–Crippen LogP) is 5.65. The molecule has 0 heterocycles. The Bertz CT molecular complexity index is 1340. The molecule has 8 heteroatoms. The Kier molecular flexibility index (Phi) is 11.5. The molecule has 3 aromatic rings. The van der Waals surface area contributed by atoms with Gasteiger partial charge in [0.1, 0.15) is 24.2 Å². The molecule has 7 nitrogen and oxygen atoms in total. The average molecular weight is 546 g/mol. The third-order valence-corrected chi connectivity index (χ3v) is 6.87. The number of nitriles is 1. The lowest BCUT2D eigenvalue weighted by molar-refractivity contribution is 0.112. The first-order valence-electron chi connectivity index (χ1n) is 13.7. The summed E-state index contributed by atoms with van der Waals surface area (Å²) in [6.07, 6.45) is 3.21. The minimum absolute atomic E-state index is 0.0895. The number of aryl methyl sites for hydroxylation is 1. The van der Waals surface area contributed by atoms with Crippen molar-refractivity contribution in [2.45, 2.75) is 52.3 Å². The van der Waals surface area contributed by atoms with Crippen molar-refractivity contribution in [2.24, 2.45) is 5.73 Å². The minimum Gasteiger partial charge on any atom is -0.489 e. The van der Waals surface area contributed by atoms with E-state index in [4.69, 9.17) is 10.5 Å². The fraction of sp³-hybridized carbons (Fsp3) is 0.375. The summed E-state index contributed by atoms with van der Waals surface area (Å²) in [6.45, 7) is 6.23. The van der Waals surface area contributed by atoms with Crippen molar-refractivity contribution in [3.05, 3.63) is 87.7 Å². The third-order valence-electron chi connectivity index (χ3n) is 6.87. The van der Waals surface area contributed by atoms with Gasteiger partial charge in [-0.05, 0) is 75.2 Å². The molecule has 40 heavy (non-hydrogen) atoms. The number of ether oxygens (including phenoxy) is 1. The molecule has 3 aromatic carbocycles. The number of rotatable bonds is 15. The zero-order valence-corrected chi connectivity index (χ0v) is 23.9. The van der Waals surface area contributed by atoms with Gasteiger partial charge in [-0.25, -0.2) is 4.39 Å². The number of nitrogens with two attached hydrogens (primary N) is 1. The summed E-state index contributed by atoms with van der Waals surface area (Å²) in [4.78, 5) is 13.5. The van der Waals surface area contributed by atoms with Crippen LogP contribution in [0.25, 0.3) is 0 Å². The fourth-order valence-electron chi connectivity index (χ4n) is 4.43. The first-order valence-corrected chi connectivity index (χ1v) is 13.7.